The maximum Gasteiger partial charge on any atom is 0.322 e. The van der Waals surface area contributed by atoms with Gasteiger partial charge in [0.05, 0.1) is 6.54 Å². The Morgan fingerprint density at radius 2 is 2.24 bits per heavy atom. The third-order valence-corrected chi connectivity index (χ3v) is 5.67. The number of hydrogen-bond acceptors (Lipinski definition) is 5. The monoisotopic (exact) mass is 275 g/mol. The molecule has 1 fully saturated rings. The van der Waals surface area contributed by atoms with Crippen LogP contribution in [0.5, 0.6) is 0 Å². The second-order valence-electron chi connectivity index (χ2n) is 3.58. The zero-order valence-corrected chi connectivity index (χ0v) is 10.2. The average Bonchev–Trinajstić information content (AvgIpc) is 2.84. The van der Waals surface area contributed by atoms with Gasteiger partial charge in [-0.1, -0.05) is 6.07 Å². The Kier molecular flexibility index (Phi) is 3.02. The first-order valence-corrected chi connectivity index (χ1v) is 7.05. The lowest BCUT2D eigenvalue weighted by Gasteiger charge is -2.18. The van der Waals surface area contributed by atoms with Crippen molar-refractivity contribution in [1.82, 2.24) is 4.31 Å². The van der Waals surface area contributed by atoms with Crippen LogP contribution >= 0.6 is 11.3 Å². The number of aliphatic carboxylic acids is 1. The Balaban J connectivity index is 2.40. The number of carboxylic acid groups (broad SMARTS) is 1. The van der Waals surface area contributed by atoms with Crippen LogP contribution in [0.2, 0.25) is 0 Å². The molecule has 1 aromatic heterocycles. The van der Waals surface area contributed by atoms with Gasteiger partial charge in [-0.2, -0.15) is 4.31 Å². The number of carbonyl (C=O) groups excluding carboxylic acids is 1. The fourth-order valence-corrected chi connectivity index (χ4v) is 4.34. The summed E-state index contributed by atoms with van der Waals surface area (Å²) in [6.07, 6.45) is -0.264. The summed E-state index contributed by atoms with van der Waals surface area (Å²) in [6, 6.07) is 1.67. The smallest absolute Gasteiger partial charge is 0.322 e. The zero-order chi connectivity index (χ0) is 12.6. The molecule has 0 amide bonds. The van der Waals surface area contributed by atoms with Crippen LogP contribution in [-0.2, 0) is 19.6 Å². The fraction of sp³-hybridized carbons (Fsp3) is 0.333. The van der Waals surface area contributed by atoms with Crippen molar-refractivity contribution in [3.63, 3.8) is 0 Å². The minimum absolute atomic E-state index is 0.0541. The molecule has 17 heavy (non-hydrogen) atoms. The Hall–Kier alpha value is -1.25. The minimum Gasteiger partial charge on any atom is -0.480 e. The van der Waals surface area contributed by atoms with E-state index < -0.39 is 22.0 Å². The summed E-state index contributed by atoms with van der Waals surface area (Å²) >= 11 is 0.998. The van der Waals surface area contributed by atoms with Crippen molar-refractivity contribution < 1.29 is 23.1 Å². The predicted molar refractivity (Wildman–Crippen MR) is 59.3 cm³/mol. The van der Waals surface area contributed by atoms with Crippen LogP contribution < -0.4 is 0 Å². The van der Waals surface area contributed by atoms with Crippen LogP contribution in [0.1, 0.15) is 6.42 Å². The van der Waals surface area contributed by atoms with Gasteiger partial charge in [-0.05, 0) is 11.4 Å². The molecular formula is C9H9NO5S2. The van der Waals surface area contributed by atoms with Gasteiger partial charge in [-0.3, -0.25) is 9.59 Å². The first-order chi connectivity index (χ1) is 7.93. The van der Waals surface area contributed by atoms with Gasteiger partial charge in [0.1, 0.15) is 16.0 Å². The van der Waals surface area contributed by atoms with Crippen molar-refractivity contribution in [3.8, 4) is 0 Å². The maximum absolute atomic E-state index is 12.1. The largest absolute Gasteiger partial charge is 0.480 e. The highest BCUT2D eigenvalue weighted by atomic mass is 32.2. The highest BCUT2D eigenvalue weighted by Crippen LogP contribution is 2.27. The molecule has 0 radical (unpaired) electrons. The molecular weight excluding hydrogens is 266 g/mol. The summed E-state index contributed by atoms with van der Waals surface area (Å²) < 4.78 is 25.0. The number of ketones is 1. The van der Waals surface area contributed by atoms with Crippen LogP contribution in [0.3, 0.4) is 0 Å². The molecule has 1 atom stereocenters. The van der Waals surface area contributed by atoms with E-state index in [1.165, 1.54) is 6.07 Å². The van der Waals surface area contributed by atoms with Crippen molar-refractivity contribution in [1.29, 1.82) is 0 Å². The van der Waals surface area contributed by atoms with Gasteiger partial charge in [0.15, 0.2) is 0 Å². The Morgan fingerprint density at radius 3 is 2.76 bits per heavy atom. The van der Waals surface area contributed by atoms with Gasteiger partial charge in [0.25, 0.3) is 10.0 Å². The van der Waals surface area contributed by atoms with E-state index >= 15 is 0 Å². The van der Waals surface area contributed by atoms with Gasteiger partial charge in [0, 0.05) is 6.42 Å². The van der Waals surface area contributed by atoms with E-state index in [1.54, 1.807) is 11.4 Å². The zero-order valence-electron chi connectivity index (χ0n) is 8.57. The van der Waals surface area contributed by atoms with Crippen molar-refractivity contribution in [2.24, 2.45) is 0 Å². The number of hydrogen-bond donors (Lipinski definition) is 1. The number of nitrogens with zero attached hydrogens (tertiary/aromatic N) is 1. The van der Waals surface area contributed by atoms with Crippen molar-refractivity contribution in [2.45, 2.75) is 16.7 Å². The molecule has 0 unspecified atom stereocenters. The Morgan fingerprint density at radius 1 is 1.53 bits per heavy atom. The Bertz CT molecular complexity index is 548. The second-order valence-corrected chi connectivity index (χ2v) is 6.64. The summed E-state index contributed by atoms with van der Waals surface area (Å²) in [7, 11) is -3.87. The number of thiophene rings is 1. The highest BCUT2D eigenvalue weighted by molar-refractivity contribution is 7.91. The molecule has 2 heterocycles. The van der Waals surface area contributed by atoms with E-state index in [1.807, 2.05) is 0 Å². The molecule has 0 bridgehead atoms. The first-order valence-electron chi connectivity index (χ1n) is 4.73. The summed E-state index contributed by atoms with van der Waals surface area (Å²) in [5, 5.41) is 10.5. The molecule has 1 N–H and O–H groups in total. The molecule has 6 nitrogen and oxygen atoms in total. The normalized spacial score (nSPS) is 21.9. The number of rotatable bonds is 3. The number of Topliss-reactive ketones (excluding diaryl/α,β-unsaturated/α-hetero) is 1. The Labute approximate surface area is 102 Å². The molecule has 1 aromatic rings. The third-order valence-electron chi connectivity index (χ3n) is 2.44. The molecule has 0 saturated carbocycles. The molecule has 1 aliphatic heterocycles. The lowest BCUT2D eigenvalue weighted by molar-refractivity contribution is -0.141. The molecule has 8 heteroatoms. The summed E-state index contributed by atoms with van der Waals surface area (Å²) in [5.74, 6) is -1.67. The second kappa shape index (κ2) is 4.21. The SMILES string of the molecule is O=C1C[C@H](C(=O)O)N(S(=O)(=O)c2cccs2)C1. The van der Waals surface area contributed by atoms with Gasteiger partial charge < -0.3 is 5.11 Å². The van der Waals surface area contributed by atoms with Gasteiger partial charge in [0.2, 0.25) is 0 Å². The van der Waals surface area contributed by atoms with Gasteiger partial charge in [-0.25, -0.2) is 8.42 Å². The van der Waals surface area contributed by atoms with E-state index in [0.717, 1.165) is 15.6 Å². The van der Waals surface area contributed by atoms with Crippen molar-refractivity contribution in [2.75, 3.05) is 6.54 Å². The maximum atomic E-state index is 12.1. The fourth-order valence-electron chi connectivity index (χ4n) is 1.65. The first kappa shape index (κ1) is 12.2. The van der Waals surface area contributed by atoms with Gasteiger partial charge in [-0.15, -0.1) is 11.3 Å². The standard InChI is InChI=1S/C9H9NO5S2/c11-6-4-7(9(12)13)10(5-6)17(14,15)8-2-1-3-16-8/h1-3,7H,4-5H2,(H,12,13)/t7-/m1/s1. The lowest BCUT2D eigenvalue weighted by Crippen LogP contribution is -2.40. The van der Waals surface area contributed by atoms with Crippen LogP contribution in [0.15, 0.2) is 21.7 Å². The number of carbonyl (C=O) groups is 2. The summed E-state index contributed by atoms with van der Waals surface area (Å²) in [5.41, 5.74) is 0. The van der Waals surface area contributed by atoms with Crippen LogP contribution in [0.4, 0.5) is 0 Å². The lowest BCUT2D eigenvalue weighted by atomic mass is 10.2. The third kappa shape index (κ3) is 2.11. The molecule has 92 valence electrons. The minimum atomic E-state index is -3.87. The quantitative estimate of drug-likeness (QED) is 0.848. The predicted octanol–water partition coefficient (Wildman–Crippen LogP) is 0.165. The number of sulfonamides is 1. The van der Waals surface area contributed by atoms with Crippen molar-refractivity contribution in [3.05, 3.63) is 17.5 Å². The molecule has 0 spiro atoms. The van der Waals surface area contributed by atoms with Gasteiger partial charge >= 0.3 is 5.97 Å². The molecule has 2 rings (SSSR count). The molecule has 1 aliphatic rings. The van der Waals surface area contributed by atoms with E-state index in [-0.39, 0.29) is 23.0 Å². The van der Waals surface area contributed by atoms with Crippen molar-refractivity contribution >= 4 is 33.1 Å². The van der Waals surface area contributed by atoms with E-state index in [0.29, 0.717) is 0 Å². The van der Waals surface area contributed by atoms with E-state index in [2.05, 4.69) is 0 Å². The summed E-state index contributed by atoms with van der Waals surface area (Å²) in [6.45, 7) is -0.364. The number of carboxylic acids is 1. The van der Waals surface area contributed by atoms with E-state index in [9.17, 15) is 18.0 Å². The van der Waals surface area contributed by atoms with Crippen LogP contribution in [-0.4, -0.2) is 42.2 Å². The topological polar surface area (TPSA) is 91.8 Å². The van der Waals surface area contributed by atoms with Crippen LogP contribution in [0.25, 0.3) is 0 Å². The molecule has 1 saturated heterocycles. The van der Waals surface area contributed by atoms with Crippen LogP contribution in [0, 0.1) is 0 Å². The summed E-state index contributed by atoms with van der Waals surface area (Å²) in [4.78, 5) is 22.1. The molecule has 0 aromatic carbocycles. The molecule has 0 aliphatic carbocycles. The highest BCUT2D eigenvalue weighted by Gasteiger charge is 2.43. The van der Waals surface area contributed by atoms with E-state index in [4.69, 9.17) is 5.11 Å². The average molecular weight is 275 g/mol.